The zero-order valence-corrected chi connectivity index (χ0v) is 5.68. The van der Waals surface area contributed by atoms with Crippen molar-refractivity contribution >= 4 is 13.1 Å². The molecule has 0 aliphatic rings. The van der Waals surface area contributed by atoms with Gasteiger partial charge in [0.25, 0.3) is 0 Å². The molecule has 0 aromatic heterocycles. The Labute approximate surface area is 51.8 Å². The molecule has 0 atom stereocenters. The van der Waals surface area contributed by atoms with Gasteiger partial charge in [-0.1, -0.05) is 12.1 Å². The van der Waals surface area contributed by atoms with E-state index in [2.05, 4.69) is 4.90 Å². The number of hydrogen-bond acceptors (Lipinski definition) is 1. The van der Waals surface area contributed by atoms with Crippen molar-refractivity contribution in [3.05, 3.63) is 12.1 Å². The van der Waals surface area contributed by atoms with Gasteiger partial charge in [-0.05, 0) is 26.5 Å². The van der Waals surface area contributed by atoms with Crippen molar-refractivity contribution in [3.8, 4) is 0 Å². The maximum Gasteiger partial charge on any atom is 0.303 e. The van der Waals surface area contributed by atoms with E-state index in [-0.39, 0.29) is 0 Å². The zero-order valence-electron chi connectivity index (χ0n) is 5.68. The summed E-state index contributed by atoms with van der Waals surface area (Å²) in [6, 6.07) is 0. The fraction of sp³-hybridized carbons (Fsp3) is 0.500. The Hall–Kier alpha value is -0.525. The second-order valence-electron chi connectivity index (χ2n) is 1.75. The third-order valence-corrected chi connectivity index (χ3v) is 0.611. The first kappa shape index (κ1) is 7.47. The summed E-state index contributed by atoms with van der Waals surface area (Å²) in [5.74, 6) is 1.91. The Bertz CT molecular complexity index is 101. The van der Waals surface area contributed by atoms with Gasteiger partial charge in [0.2, 0.25) is 0 Å². The molecule has 0 bridgehead atoms. The molecule has 0 spiro atoms. The van der Waals surface area contributed by atoms with Gasteiger partial charge >= 0.3 is 7.41 Å². The lowest BCUT2D eigenvalue weighted by atomic mass is 9.96. The highest BCUT2D eigenvalue weighted by Gasteiger charge is 1.75. The normalized spacial score (nSPS) is 9.38. The standard InChI is InChI=1S/C6H11BN/c1-4-5-7-8-6(2)3/h4-5H,1-3H3/b5-4-. The van der Waals surface area contributed by atoms with E-state index in [4.69, 9.17) is 0 Å². The zero-order chi connectivity index (χ0) is 6.41. The van der Waals surface area contributed by atoms with E-state index in [1.165, 1.54) is 0 Å². The van der Waals surface area contributed by atoms with Crippen LogP contribution in [0.4, 0.5) is 0 Å². The van der Waals surface area contributed by atoms with Crippen LogP contribution in [0.2, 0.25) is 0 Å². The molecular weight excluding hydrogens is 96.9 g/mol. The van der Waals surface area contributed by atoms with Gasteiger partial charge in [0, 0.05) is 0 Å². The Morgan fingerprint density at radius 2 is 2.12 bits per heavy atom. The van der Waals surface area contributed by atoms with E-state index in [0.29, 0.717) is 0 Å². The summed E-state index contributed by atoms with van der Waals surface area (Å²) in [5, 5.41) is 0. The predicted molar refractivity (Wildman–Crippen MR) is 39.4 cm³/mol. The highest BCUT2D eigenvalue weighted by atomic mass is 14.6. The molecule has 43 valence electrons. The second kappa shape index (κ2) is 4.63. The van der Waals surface area contributed by atoms with E-state index in [9.17, 15) is 0 Å². The van der Waals surface area contributed by atoms with E-state index in [1.807, 2.05) is 32.8 Å². The van der Waals surface area contributed by atoms with Gasteiger partial charge in [-0.15, -0.1) is 0 Å². The van der Waals surface area contributed by atoms with Crippen LogP contribution in [-0.2, 0) is 0 Å². The summed E-state index contributed by atoms with van der Waals surface area (Å²) in [6.45, 7) is 5.91. The summed E-state index contributed by atoms with van der Waals surface area (Å²) >= 11 is 0. The van der Waals surface area contributed by atoms with Crippen molar-refractivity contribution in [2.75, 3.05) is 0 Å². The molecule has 8 heavy (non-hydrogen) atoms. The average Bonchev–Trinajstić information content (AvgIpc) is 1.66. The third-order valence-electron chi connectivity index (χ3n) is 0.611. The summed E-state index contributed by atoms with van der Waals surface area (Å²) in [7, 11) is 1.79. The van der Waals surface area contributed by atoms with E-state index >= 15 is 0 Å². The van der Waals surface area contributed by atoms with Crippen LogP contribution < -0.4 is 0 Å². The van der Waals surface area contributed by atoms with Crippen LogP contribution in [0.3, 0.4) is 0 Å². The molecular formula is C6H11BN. The molecule has 0 aromatic carbocycles. The van der Waals surface area contributed by atoms with Crippen LogP contribution in [0.1, 0.15) is 20.8 Å². The molecule has 0 rings (SSSR count). The summed E-state index contributed by atoms with van der Waals surface area (Å²) < 4.78 is 0. The number of allylic oxidation sites excluding steroid dienone is 1. The highest BCUT2D eigenvalue weighted by molar-refractivity contribution is 6.42. The molecule has 2 heteroatoms. The molecule has 0 N–H and O–H groups in total. The lowest BCUT2D eigenvalue weighted by Crippen LogP contribution is -1.85. The van der Waals surface area contributed by atoms with Crippen molar-refractivity contribution in [1.29, 1.82) is 0 Å². The quantitative estimate of drug-likeness (QED) is 0.376. The minimum Gasteiger partial charge on any atom is -0.351 e. The van der Waals surface area contributed by atoms with Gasteiger partial charge in [-0.3, -0.25) is 0 Å². The maximum atomic E-state index is 4.02. The van der Waals surface area contributed by atoms with Crippen molar-refractivity contribution < 1.29 is 0 Å². The van der Waals surface area contributed by atoms with Crippen molar-refractivity contribution in [1.82, 2.24) is 0 Å². The van der Waals surface area contributed by atoms with Crippen LogP contribution in [0.15, 0.2) is 17.0 Å². The molecule has 0 aliphatic carbocycles. The summed E-state index contributed by atoms with van der Waals surface area (Å²) in [6.07, 6.45) is 1.95. The molecule has 0 aliphatic heterocycles. The molecule has 0 heterocycles. The van der Waals surface area contributed by atoms with E-state index in [0.717, 1.165) is 5.71 Å². The molecule has 0 saturated carbocycles. The first-order valence-corrected chi connectivity index (χ1v) is 2.73. The Kier molecular flexibility index (Phi) is 4.33. The molecule has 0 aromatic rings. The van der Waals surface area contributed by atoms with Gasteiger partial charge in [-0.2, -0.15) is 0 Å². The lowest BCUT2D eigenvalue weighted by Gasteiger charge is -1.82. The lowest BCUT2D eigenvalue weighted by molar-refractivity contribution is 1.64. The predicted octanol–water partition coefficient (Wildman–Crippen LogP) is 1.62. The van der Waals surface area contributed by atoms with Gasteiger partial charge in [0.05, 0.1) is 0 Å². The van der Waals surface area contributed by atoms with Crippen molar-refractivity contribution in [2.24, 2.45) is 4.90 Å². The minimum atomic E-state index is 1.09. The minimum absolute atomic E-state index is 1.09. The van der Waals surface area contributed by atoms with Gasteiger partial charge < -0.3 is 4.90 Å². The first-order chi connectivity index (χ1) is 3.77. The number of rotatable bonds is 2. The first-order valence-electron chi connectivity index (χ1n) is 2.73. The Balaban J connectivity index is 3.30. The third kappa shape index (κ3) is 5.47. The summed E-state index contributed by atoms with van der Waals surface area (Å²) in [5.41, 5.74) is 1.09. The second-order valence-corrected chi connectivity index (χ2v) is 1.75. The largest absolute Gasteiger partial charge is 0.351 e. The molecule has 0 amide bonds. The topological polar surface area (TPSA) is 12.4 Å². The molecule has 1 radical (unpaired) electrons. The fourth-order valence-corrected chi connectivity index (χ4v) is 0.278. The SMILES string of the molecule is C/C=C\[B]N=C(C)C. The van der Waals surface area contributed by atoms with Crippen LogP contribution >= 0.6 is 0 Å². The molecule has 0 unspecified atom stereocenters. The van der Waals surface area contributed by atoms with Crippen LogP contribution in [0.25, 0.3) is 0 Å². The Morgan fingerprint density at radius 3 is 2.50 bits per heavy atom. The highest BCUT2D eigenvalue weighted by Crippen LogP contribution is 1.73. The van der Waals surface area contributed by atoms with Crippen LogP contribution in [-0.4, -0.2) is 13.1 Å². The van der Waals surface area contributed by atoms with Gasteiger partial charge in [-0.25, -0.2) is 0 Å². The van der Waals surface area contributed by atoms with Crippen LogP contribution in [0, 0.1) is 0 Å². The van der Waals surface area contributed by atoms with E-state index in [1.54, 1.807) is 7.41 Å². The van der Waals surface area contributed by atoms with Crippen LogP contribution in [0.5, 0.6) is 0 Å². The monoisotopic (exact) mass is 108 g/mol. The smallest absolute Gasteiger partial charge is 0.303 e. The molecule has 1 nitrogen and oxygen atoms in total. The number of hydrogen-bond donors (Lipinski definition) is 0. The maximum absolute atomic E-state index is 4.02. The van der Waals surface area contributed by atoms with Gasteiger partial charge in [0.1, 0.15) is 0 Å². The molecule has 0 fully saturated rings. The summed E-state index contributed by atoms with van der Waals surface area (Å²) in [4.78, 5) is 4.02. The van der Waals surface area contributed by atoms with Gasteiger partial charge in [0.15, 0.2) is 0 Å². The van der Waals surface area contributed by atoms with Crippen molar-refractivity contribution in [3.63, 3.8) is 0 Å². The van der Waals surface area contributed by atoms with Crippen molar-refractivity contribution in [2.45, 2.75) is 20.8 Å². The molecule has 0 saturated heterocycles. The van der Waals surface area contributed by atoms with E-state index < -0.39 is 0 Å². The number of nitrogens with zero attached hydrogens (tertiary/aromatic N) is 1. The Morgan fingerprint density at radius 1 is 1.50 bits per heavy atom. The fourth-order valence-electron chi connectivity index (χ4n) is 0.278. The average molecular weight is 108 g/mol.